The molecular formula is C24H27NO4. The number of nitrogens with one attached hydrogen (secondary N) is 1. The zero-order valence-corrected chi connectivity index (χ0v) is 17.4. The van der Waals surface area contributed by atoms with E-state index in [0.29, 0.717) is 5.75 Å². The van der Waals surface area contributed by atoms with E-state index in [1.807, 2.05) is 13.0 Å². The molecule has 1 atom stereocenters. The Morgan fingerprint density at radius 3 is 2.59 bits per heavy atom. The van der Waals surface area contributed by atoms with E-state index in [4.69, 9.17) is 18.9 Å². The summed E-state index contributed by atoms with van der Waals surface area (Å²) in [5.74, 6) is 3.07. The molecule has 2 aromatic carbocycles. The molecule has 0 saturated heterocycles. The average Bonchev–Trinajstić information content (AvgIpc) is 3.16. The van der Waals surface area contributed by atoms with Crippen LogP contribution < -0.4 is 24.3 Å². The van der Waals surface area contributed by atoms with Crippen LogP contribution >= 0.6 is 0 Å². The topological polar surface area (TPSA) is 49.0 Å². The summed E-state index contributed by atoms with van der Waals surface area (Å²) in [5.41, 5.74) is 6.69. The number of hydrogen-bond acceptors (Lipinski definition) is 5. The second-order valence-corrected chi connectivity index (χ2v) is 7.48. The van der Waals surface area contributed by atoms with Gasteiger partial charge in [0.25, 0.3) is 0 Å². The van der Waals surface area contributed by atoms with Gasteiger partial charge < -0.3 is 24.3 Å². The van der Waals surface area contributed by atoms with Crippen LogP contribution in [-0.4, -0.2) is 27.6 Å². The third-order valence-corrected chi connectivity index (χ3v) is 5.54. The third-order valence-electron chi connectivity index (χ3n) is 5.54. The van der Waals surface area contributed by atoms with Crippen LogP contribution in [0.4, 0.5) is 0 Å². The van der Waals surface area contributed by atoms with Gasteiger partial charge in [-0.2, -0.15) is 0 Å². The summed E-state index contributed by atoms with van der Waals surface area (Å²) in [6.07, 6.45) is 3.07. The van der Waals surface area contributed by atoms with Gasteiger partial charge in [0.15, 0.2) is 23.0 Å². The maximum atomic E-state index is 5.79. The van der Waals surface area contributed by atoms with E-state index < -0.39 is 0 Å². The highest BCUT2D eigenvalue weighted by Crippen LogP contribution is 2.43. The Morgan fingerprint density at radius 1 is 1.14 bits per heavy atom. The predicted molar refractivity (Wildman–Crippen MR) is 115 cm³/mol. The van der Waals surface area contributed by atoms with Crippen LogP contribution in [0.2, 0.25) is 0 Å². The van der Waals surface area contributed by atoms with Gasteiger partial charge in [0.2, 0.25) is 6.79 Å². The molecule has 0 spiro atoms. The van der Waals surface area contributed by atoms with E-state index in [9.17, 15) is 0 Å². The summed E-state index contributed by atoms with van der Waals surface area (Å²) < 4.78 is 22.5. The number of benzene rings is 2. The zero-order chi connectivity index (χ0) is 20.5. The van der Waals surface area contributed by atoms with E-state index >= 15 is 0 Å². The van der Waals surface area contributed by atoms with Crippen molar-refractivity contribution in [2.45, 2.75) is 26.3 Å². The molecule has 4 rings (SSSR count). The van der Waals surface area contributed by atoms with Gasteiger partial charge in [-0.15, -0.1) is 0 Å². The third kappa shape index (κ3) is 3.47. The van der Waals surface area contributed by atoms with Crippen LogP contribution in [0.5, 0.6) is 23.0 Å². The number of rotatable bonds is 3. The Bertz CT molecular complexity index is 993. The molecule has 2 heterocycles. The highest BCUT2D eigenvalue weighted by molar-refractivity contribution is 5.85. The first kappa shape index (κ1) is 19.4. The summed E-state index contributed by atoms with van der Waals surface area (Å²) >= 11 is 0. The minimum Gasteiger partial charge on any atom is -0.493 e. The van der Waals surface area contributed by atoms with Crippen molar-refractivity contribution in [1.29, 1.82) is 0 Å². The standard InChI is InChI=1S/C24H27NO4/c1-14(2)23-22-18(6-7-19(26-4)24(22)27-5)15(3)10-17-12-21-20(28-13-29-21)11-16(17)8-9-25-23/h6-7,10-12,23,25H,1,8-9,13H2,2-5H3. The highest BCUT2D eigenvalue weighted by atomic mass is 16.7. The number of allylic oxidation sites excluding steroid dienone is 1. The Morgan fingerprint density at radius 2 is 1.90 bits per heavy atom. The number of fused-ring (bicyclic) bond motifs is 3. The lowest BCUT2D eigenvalue weighted by molar-refractivity contribution is 0.174. The van der Waals surface area contributed by atoms with Crippen LogP contribution in [0.3, 0.4) is 0 Å². The van der Waals surface area contributed by atoms with Crippen molar-refractivity contribution in [3.8, 4) is 23.0 Å². The van der Waals surface area contributed by atoms with Crippen molar-refractivity contribution in [3.05, 3.63) is 58.7 Å². The van der Waals surface area contributed by atoms with Crippen molar-refractivity contribution in [2.75, 3.05) is 27.6 Å². The van der Waals surface area contributed by atoms with Crippen LogP contribution in [0.1, 0.15) is 42.1 Å². The summed E-state index contributed by atoms with van der Waals surface area (Å²) in [4.78, 5) is 0. The van der Waals surface area contributed by atoms with E-state index in [-0.39, 0.29) is 12.8 Å². The molecule has 29 heavy (non-hydrogen) atoms. The molecule has 2 aromatic rings. The average molecular weight is 393 g/mol. The Balaban J connectivity index is 1.94. The van der Waals surface area contributed by atoms with Crippen molar-refractivity contribution >= 4 is 11.6 Å². The van der Waals surface area contributed by atoms with E-state index in [1.165, 1.54) is 5.56 Å². The lowest BCUT2D eigenvalue weighted by Gasteiger charge is -2.27. The monoisotopic (exact) mass is 393 g/mol. The Hall–Kier alpha value is -2.92. The van der Waals surface area contributed by atoms with E-state index in [2.05, 4.69) is 43.1 Å². The second-order valence-electron chi connectivity index (χ2n) is 7.48. The minimum atomic E-state index is -0.0473. The van der Waals surface area contributed by atoms with Gasteiger partial charge in [-0.25, -0.2) is 0 Å². The van der Waals surface area contributed by atoms with E-state index in [0.717, 1.165) is 58.1 Å². The molecule has 0 aromatic heterocycles. The van der Waals surface area contributed by atoms with Gasteiger partial charge in [-0.3, -0.25) is 0 Å². The molecule has 2 aliphatic heterocycles. The molecule has 2 aliphatic rings. The first-order chi connectivity index (χ1) is 14.0. The largest absolute Gasteiger partial charge is 0.493 e. The smallest absolute Gasteiger partial charge is 0.231 e. The molecular weight excluding hydrogens is 366 g/mol. The van der Waals surface area contributed by atoms with Gasteiger partial charge in [0, 0.05) is 12.1 Å². The molecule has 152 valence electrons. The van der Waals surface area contributed by atoms with Crippen molar-refractivity contribution < 1.29 is 18.9 Å². The molecule has 5 nitrogen and oxygen atoms in total. The summed E-state index contributed by atoms with van der Waals surface area (Å²) in [5, 5.41) is 3.67. The quantitative estimate of drug-likeness (QED) is 0.762. The molecule has 5 heteroatoms. The zero-order valence-electron chi connectivity index (χ0n) is 17.4. The van der Waals surface area contributed by atoms with Gasteiger partial charge in [-0.05, 0) is 60.7 Å². The molecule has 0 aliphatic carbocycles. The van der Waals surface area contributed by atoms with Gasteiger partial charge in [-0.1, -0.05) is 24.3 Å². The molecule has 0 fully saturated rings. The molecule has 0 amide bonds. The highest BCUT2D eigenvalue weighted by Gasteiger charge is 2.26. The first-order valence-corrected chi connectivity index (χ1v) is 9.78. The van der Waals surface area contributed by atoms with Crippen LogP contribution in [0, 0.1) is 0 Å². The van der Waals surface area contributed by atoms with Crippen molar-refractivity contribution in [1.82, 2.24) is 5.32 Å². The van der Waals surface area contributed by atoms with Crippen LogP contribution in [-0.2, 0) is 6.42 Å². The number of hydrogen-bond donors (Lipinski definition) is 1. The Kier molecular flexibility index (Phi) is 5.24. The van der Waals surface area contributed by atoms with Crippen molar-refractivity contribution in [2.24, 2.45) is 0 Å². The molecule has 0 saturated carbocycles. The lowest BCUT2D eigenvalue weighted by atomic mass is 9.88. The molecule has 0 radical (unpaired) electrons. The SMILES string of the molecule is C=C(C)C1NCCc2cc3c(cc2C=C(C)c2ccc(OC)c(OC)c21)OCO3. The maximum absolute atomic E-state index is 5.79. The molecule has 0 bridgehead atoms. The van der Waals surface area contributed by atoms with Crippen molar-refractivity contribution in [3.63, 3.8) is 0 Å². The van der Waals surface area contributed by atoms with Crippen LogP contribution in [0.15, 0.2) is 36.4 Å². The van der Waals surface area contributed by atoms with Gasteiger partial charge >= 0.3 is 0 Å². The predicted octanol–water partition coefficient (Wildman–Crippen LogP) is 4.76. The Labute approximate surface area is 171 Å². The molecule has 1 N–H and O–H groups in total. The summed E-state index contributed by atoms with van der Waals surface area (Å²) in [6, 6.07) is 8.16. The number of ether oxygens (including phenoxy) is 4. The first-order valence-electron chi connectivity index (χ1n) is 9.78. The lowest BCUT2D eigenvalue weighted by Crippen LogP contribution is -2.26. The van der Waals surface area contributed by atoms with Gasteiger partial charge in [0.05, 0.1) is 20.3 Å². The van der Waals surface area contributed by atoms with E-state index in [1.54, 1.807) is 14.2 Å². The fourth-order valence-corrected chi connectivity index (χ4v) is 4.12. The summed E-state index contributed by atoms with van der Waals surface area (Å²) in [6.45, 7) is 9.46. The fourth-order valence-electron chi connectivity index (χ4n) is 4.12. The minimum absolute atomic E-state index is 0.0473. The van der Waals surface area contributed by atoms with Gasteiger partial charge in [0.1, 0.15) is 0 Å². The maximum Gasteiger partial charge on any atom is 0.231 e. The fraction of sp³-hybridized carbons (Fsp3) is 0.333. The van der Waals surface area contributed by atoms with Crippen LogP contribution in [0.25, 0.3) is 11.6 Å². The number of methoxy groups -OCH3 is 2. The normalized spacial score (nSPS) is 17.7. The summed E-state index contributed by atoms with van der Waals surface area (Å²) in [7, 11) is 3.34. The second kappa shape index (κ2) is 7.84. The molecule has 1 unspecified atom stereocenters.